The molecular formula is C22H20F4N6O. The van der Waals surface area contributed by atoms with Crippen LogP contribution in [0.25, 0.3) is 27.9 Å². The Bertz CT molecular complexity index is 1330. The van der Waals surface area contributed by atoms with Gasteiger partial charge in [-0.1, -0.05) is 12.8 Å². The van der Waals surface area contributed by atoms with E-state index in [1.807, 2.05) is 0 Å². The van der Waals surface area contributed by atoms with E-state index in [0.29, 0.717) is 23.5 Å². The summed E-state index contributed by atoms with van der Waals surface area (Å²) in [6, 6.07) is 3.72. The fraction of sp³-hybridized carbons (Fsp3) is 0.364. The van der Waals surface area contributed by atoms with E-state index in [2.05, 4.69) is 15.1 Å². The molecule has 0 saturated carbocycles. The van der Waals surface area contributed by atoms with Crippen LogP contribution in [0, 0.1) is 5.82 Å². The molecule has 4 aromatic rings. The Morgan fingerprint density at radius 3 is 2.48 bits per heavy atom. The summed E-state index contributed by atoms with van der Waals surface area (Å²) in [6.45, 7) is 1.18. The van der Waals surface area contributed by atoms with Crippen LogP contribution in [-0.4, -0.2) is 54.5 Å². The Kier molecular flexibility index (Phi) is 5.47. The molecule has 1 saturated heterocycles. The first kappa shape index (κ1) is 21.4. The highest BCUT2D eigenvalue weighted by atomic mass is 19.3. The highest BCUT2D eigenvalue weighted by Crippen LogP contribution is 2.32. The molecule has 1 amide bonds. The first-order chi connectivity index (χ1) is 15.9. The number of nitrogens with zero attached hydrogens (tertiary/aromatic N) is 6. The van der Waals surface area contributed by atoms with Crippen LogP contribution in [0.5, 0.6) is 0 Å². The van der Waals surface area contributed by atoms with Crippen LogP contribution in [0.15, 0.2) is 36.8 Å². The van der Waals surface area contributed by atoms with E-state index in [-0.39, 0.29) is 33.8 Å². The van der Waals surface area contributed by atoms with Gasteiger partial charge in [0.15, 0.2) is 0 Å². The Morgan fingerprint density at radius 1 is 1.00 bits per heavy atom. The molecule has 1 aliphatic rings. The van der Waals surface area contributed by atoms with Crippen molar-refractivity contribution in [2.75, 3.05) is 13.1 Å². The quantitative estimate of drug-likeness (QED) is 0.417. The van der Waals surface area contributed by atoms with Crippen LogP contribution in [-0.2, 0) is 0 Å². The Balaban J connectivity index is 1.64. The number of halogens is 4. The standard InChI is InChI=1S/C22H20F4N6O/c23-13-5-8-31-17(12-28-18(31)9-13)19-14-11-27-15(22(33)30-6-3-1-2-4-7-30)10-16(14)32(29-19)21(26)20(24)25/h5,8-12,20-21H,1-4,6-7H2. The van der Waals surface area contributed by atoms with Gasteiger partial charge in [-0.05, 0) is 25.0 Å². The van der Waals surface area contributed by atoms with Crippen LogP contribution >= 0.6 is 0 Å². The zero-order valence-corrected chi connectivity index (χ0v) is 17.5. The summed E-state index contributed by atoms with van der Waals surface area (Å²) in [5.41, 5.74) is 0.832. The maximum absolute atomic E-state index is 14.5. The average Bonchev–Trinajstić information content (AvgIpc) is 3.27. The number of fused-ring (bicyclic) bond motifs is 2. The van der Waals surface area contributed by atoms with Crippen LogP contribution in [0.2, 0.25) is 0 Å². The fourth-order valence-corrected chi connectivity index (χ4v) is 4.20. The van der Waals surface area contributed by atoms with Crippen molar-refractivity contribution < 1.29 is 22.4 Å². The molecule has 33 heavy (non-hydrogen) atoms. The van der Waals surface area contributed by atoms with Crippen LogP contribution in [0.4, 0.5) is 17.6 Å². The lowest BCUT2D eigenvalue weighted by molar-refractivity contribution is 0.00356. The van der Waals surface area contributed by atoms with E-state index in [1.54, 1.807) is 4.90 Å². The first-order valence-electron chi connectivity index (χ1n) is 10.7. The SMILES string of the molecule is O=C(c1cc2c(cn1)c(-c1cnc3cc(F)ccn13)nn2C(F)C(F)F)N1CCCCCC1. The molecule has 5 rings (SSSR count). The average molecular weight is 460 g/mol. The van der Waals surface area contributed by atoms with E-state index < -0.39 is 18.5 Å². The van der Waals surface area contributed by atoms with E-state index in [1.165, 1.54) is 41.2 Å². The number of carbonyl (C=O) groups is 1. The number of amides is 1. The molecule has 4 aromatic heterocycles. The largest absolute Gasteiger partial charge is 0.337 e. The summed E-state index contributed by atoms with van der Waals surface area (Å²) >= 11 is 0. The van der Waals surface area contributed by atoms with Crippen LogP contribution in [0.3, 0.4) is 0 Å². The van der Waals surface area contributed by atoms with Gasteiger partial charge in [-0.15, -0.1) is 0 Å². The van der Waals surface area contributed by atoms with Gasteiger partial charge in [0.25, 0.3) is 18.6 Å². The maximum atomic E-state index is 14.5. The number of hydrogen-bond donors (Lipinski definition) is 0. The molecule has 0 spiro atoms. The zero-order valence-electron chi connectivity index (χ0n) is 17.5. The molecule has 7 nitrogen and oxygen atoms in total. The van der Waals surface area contributed by atoms with Crippen molar-refractivity contribution >= 4 is 22.5 Å². The van der Waals surface area contributed by atoms with Gasteiger partial charge in [0.05, 0.1) is 17.4 Å². The van der Waals surface area contributed by atoms with Gasteiger partial charge in [-0.2, -0.15) is 5.10 Å². The van der Waals surface area contributed by atoms with Crippen molar-refractivity contribution in [3.8, 4) is 11.4 Å². The van der Waals surface area contributed by atoms with Crippen molar-refractivity contribution in [2.45, 2.75) is 38.4 Å². The van der Waals surface area contributed by atoms with Crippen molar-refractivity contribution in [3.05, 3.63) is 48.3 Å². The van der Waals surface area contributed by atoms with Crippen LogP contribution in [0.1, 0.15) is 42.5 Å². The summed E-state index contributed by atoms with van der Waals surface area (Å²) in [4.78, 5) is 23.0. The minimum atomic E-state index is -3.32. The number of imidazole rings is 1. The lowest BCUT2D eigenvalue weighted by atomic mass is 10.2. The summed E-state index contributed by atoms with van der Waals surface area (Å²) in [7, 11) is 0. The first-order valence-corrected chi connectivity index (χ1v) is 10.7. The van der Waals surface area contributed by atoms with Crippen molar-refractivity contribution in [3.63, 3.8) is 0 Å². The predicted molar refractivity (Wildman–Crippen MR) is 112 cm³/mol. The van der Waals surface area contributed by atoms with Gasteiger partial charge < -0.3 is 4.90 Å². The molecular weight excluding hydrogens is 440 g/mol. The van der Waals surface area contributed by atoms with Crippen molar-refractivity contribution in [1.29, 1.82) is 0 Å². The summed E-state index contributed by atoms with van der Waals surface area (Å²) in [6.07, 6.45) is 1.93. The molecule has 1 fully saturated rings. The number of likely N-dealkylation sites (tertiary alicyclic amines) is 1. The maximum Gasteiger partial charge on any atom is 0.289 e. The number of carbonyl (C=O) groups excluding carboxylic acids is 1. The summed E-state index contributed by atoms with van der Waals surface area (Å²) in [5.74, 6) is -0.819. The third-order valence-corrected chi connectivity index (χ3v) is 5.86. The molecule has 0 N–H and O–H groups in total. The third-order valence-electron chi connectivity index (χ3n) is 5.86. The molecule has 1 atom stereocenters. The third kappa shape index (κ3) is 3.81. The second-order valence-electron chi connectivity index (χ2n) is 8.01. The Hall–Kier alpha value is -3.50. The van der Waals surface area contributed by atoms with Gasteiger partial charge in [-0.25, -0.2) is 27.2 Å². The van der Waals surface area contributed by atoms with Gasteiger partial charge in [0.1, 0.15) is 22.9 Å². The van der Waals surface area contributed by atoms with Gasteiger partial charge >= 0.3 is 0 Å². The molecule has 0 aliphatic carbocycles. The fourth-order valence-electron chi connectivity index (χ4n) is 4.20. The predicted octanol–water partition coefficient (Wildman–Crippen LogP) is 4.63. The molecule has 1 unspecified atom stereocenters. The summed E-state index contributed by atoms with van der Waals surface area (Å²) < 4.78 is 56.7. The van der Waals surface area contributed by atoms with Gasteiger partial charge in [0.2, 0.25) is 0 Å². The van der Waals surface area contributed by atoms with Gasteiger partial charge in [-0.3, -0.25) is 14.2 Å². The monoisotopic (exact) mass is 460 g/mol. The van der Waals surface area contributed by atoms with Crippen LogP contribution < -0.4 is 0 Å². The van der Waals surface area contributed by atoms with E-state index in [9.17, 15) is 22.4 Å². The topological polar surface area (TPSA) is 68.3 Å². The molecule has 172 valence electrons. The molecule has 0 bridgehead atoms. The number of pyridine rings is 2. The van der Waals surface area contributed by atoms with Crippen molar-refractivity contribution in [2.24, 2.45) is 0 Å². The minimum absolute atomic E-state index is 0.0167. The molecule has 0 radical (unpaired) electrons. The second-order valence-corrected chi connectivity index (χ2v) is 8.01. The number of aromatic nitrogens is 5. The number of hydrogen-bond acceptors (Lipinski definition) is 4. The molecule has 0 aromatic carbocycles. The number of rotatable bonds is 4. The molecule has 11 heteroatoms. The zero-order chi connectivity index (χ0) is 23.1. The number of alkyl halides is 3. The highest BCUT2D eigenvalue weighted by molar-refractivity contribution is 5.99. The minimum Gasteiger partial charge on any atom is -0.337 e. The van der Waals surface area contributed by atoms with Gasteiger partial charge in [0, 0.05) is 36.9 Å². The van der Waals surface area contributed by atoms with E-state index in [0.717, 1.165) is 25.7 Å². The van der Waals surface area contributed by atoms with Crippen molar-refractivity contribution in [1.82, 2.24) is 29.0 Å². The smallest absolute Gasteiger partial charge is 0.289 e. The van der Waals surface area contributed by atoms with E-state index >= 15 is 0 Å². The second kappa shape index (κ2) is 8.45. The molecule has 1 aliphatic heterocycles. The lowest BCUT2D eigenvalue weighted by Crippen LogP contribution is -2.32. The highest BCUT2D eigenvalue weighted by Gasteiger charge is 2.28. The molecule has 5 heterocycles. The lowest BCUT2D eigenvalue weighted by Gasteiger charge is -2.19. The summed E-state index contributed by atoms with van der Waals surface area (Å²) in [5, 5.41) is 4.37. The normalized spacial score (nSPS) is 16.0. The van der Waals surface area contributed by atoms with E-state index in [4.69, 9.17) is 0 Å². The Morgan fingerprint density at radius 2 is 1.76 bits per heavy atom. The Labute approximate surface area is 185 Å².